The van der Waals surface area contributed by atoms with Crippen molar-refractivity contribution in [1.82, 2.24) is 24.7 Å². The highest BCUT2D eigenvalue weighted by Crippen LogP contribution is 2.44. The molecular formula is C20H15ClN6OS. The molecule has 4 aromatic rings. The summed E-state index contributed by atoms with van der Waals surface area (Å²) in [7, 11) is 0. The van der Waals surface area contributed by atoms with Crippen molar-refractivity contribution in [3.8, 4) is 27.5 Å². The van der Waals surface area contributed by atoms with Crippen molar-refractivity contribution in [2.24, 2.45) is 0 Å². The van der Waals surface area contributed by atoms with Gasteiger partial charge in [-0.15, -0.1) is 0 Å². The third-order valence-corrected chi connectivity index (χ3v) is 6.04. The number of hydrogen-bond acceptors (Lipinski definition) is 6. The Balaban J connectivity index is 1.77. The van der Waals surface area contributed by atoms with Crippen molar-refractivity contribution >= 4 is 34.0 Å². The van der Waals surface area contributed by atoms with Gasteiger partial charge in [0.2, 0.25) is 5.91 Å². The van der Waals surface area contributed by atoms with E-state index in [1.54, 1.807) is 12.4 Å². The molecule has 0 bridgehead atoms. The molecule has 0 saturated heterocycles. The molecule has 1 amide bonds. The van der Waals surface area contributed by atoms with Gasteiger partial charge in [0.1, 0.15) is 6.33 Å². The van der Waals surface area contributed by atoms with Gasteiger partial charge in [-0.25, -0.2) is 19.6 Å². The van der Waals surface area contributed by atoms with Crippen molar-refractivity contribution < 1.29 is 4.79 Å². The number of anilines is 1. The normalized spacial score (nSPS) is 12.3. The minimum absolute atomic E-state index is 0.141. The summed E-state index contributed by atoms with van der Waals surface area (Å²) in [4.78, 5) is 25.4. The van der Waals surface area contributed by atoms with Crippen LogP contribution in [0.25, 0.3) is 27.5 Å². The number of para-hydroxylation sites is 1. The summed E-state index contributed by atoms with van der Waals surface area (Å²) in [5.74, 6) is -0.141. The van der Waals surface area contributed by atoms with Crippen LogP contribution in [0.5, 0.6) is 0 Å². The minimum atomic E-state index is -0.141. The van der Waals surface area contributed by atoms with Crippen LogP contribution in [0.3, 0.4) is 0 Å². The molecular weight excluding hydrogens is 408 g/mol. The lowest BCUT2D eigenvalue weighted by molar-refractivity contribution is -0.114. The molecule has 0 spiro atoms. The first-order valence-electron chi connectivity index (χ1n) is 9.01. The fraction of sp³-hybridized carbons (Fsp3) is 0.150. The number of carbonyl (C=O) groups is 1. The molecule has 3 aromatic heterocycles. The van der Waals surface area contributed by atoms with E-state index in [-0.39, 0.29) is 5.91 Å². The lowest BCUT2D eigenvalue weighted by Gasteiger charge is -2.14. The van der Waals surface area contributed by atoms with Gasteiger partial charge in [0, 0.05) is 30.4 Å². The van der Waals surface area contributed by atoms with E-state index < -0.39 is 0 Å². The molecule has 0 radical (unpaired) electrons. The van der Waals surface area contributed by atoms with Gasteiger partial charge < -0.3 is 5.32 Å². The maximum Gasteiger partial charge on any atom is 0.223 e. The molecule has 0 fully saturated rings. The molecule has 144 valence electrons. The summed E-state index contributed by atoms with van der Waals surface area (Å²) in [5, 5.41) is 8.89. The second-order valence-corrected chi connectivity index (χ2v) is 8.05. The number of amides is 1. The topological polar surface area (TPSA) is 85.6 Å². The van der Waals surface area contributed by atoms with Crippen LogP contribution in [0.15, 0.2) is 43.0 Å². The van der Waals surface area contributed by atoms with E-state index in [2.05, 4.69) is 20.3 Å². The largest absolute Gasteiger partial charge is 0.302 e. The number of nitrogens with zero attached hydrogens (tertiary/aromatic N) is 5. The highest BCUT2D eigenvalue weighted by molar-refractivity contribution is 7.19. The van der Waals surface area contributed by atoms with Gasteiger partial charge in [0.15, 0.2) is 5.13 Å². The molecule has 5 rings (SSSR count). The Labute approximate surface area is 175 Å². The first-order valence-corrected chi connectivity index (χ1v) is 10.2. The molecule has 1 N–H and O–H groups in total. The highest BCUT2D eigenvalue weighted by Gasteiger charge is 2.30. The van der Waals surface area contributed by atoms with Crippen LogP contribution in [0, 0.1) is 0 Å². The third-order valence-electron chi connectivity index (χ3n) is 4.71. The Morgan fingerprint density at radius 1 is 1.21 bits per heavy atom. The molecule has 0 atom stereocenters. The predicted octanol–water partition coefficient (Wildman–Crippen LogP) is 4.16. The molecule has 0 saturated carbocycles. The number of halogens is 1. The summed E-state index contributed by atoms with van der Waals surface area (Å²) in [6.07, 6.45) is 6.57. The molecule has 9 heteroatoms. The molecule has 0 unspecified atom stereocenters. The third kappa shape index (κ3) is 3.10. The van der Waals surface area contributed by atoms with Gasteiger partial charge in [-0.2, -0.15) is 5.10 Å². The fourth-order valence-corrected chi connectivity index (χ4v) is 4.86. The number of aromatic nitrogens is 5. The van der Waals surface area contributed by atoms with Crippen molar-refractivity contribution in [1.29, 1.82) is 0 Å². The quantitative estimate of drug-likeness (QED) is 0.535. The van der Waals surface area contributed by atoms with E-state index in [0.29, 0.717) is 10.2 Å². The smallest absolute Gasteiger partial charge is 0.223 e. The van der Waals surface area contributed by atoms with Gasteiger partial charge in [-0.1, -0.05) is 35.1 Å². The maximum atomic E-state index is 11.5. The van der Waals surface area contributed by atoms with Crippen LogP contribution in [0.4, 0.5) is 5.13 Å². The minimum Gasteiger partial charge on any atom is -0.302 e. The zero-order chi connectivity index (χ0) is 20.0. The Hall–Kier alpha value is -3.10. The number of carbonyl (C=O) groups excluding carboxylic acids is 1. The molecule has 1 aromatic carbocycles. The van der Waals surface area contributed by atoms with Crippen molar-refractivity contribution in [2.45, 2.75) is 19.8 Å². The first kappa shape index (κ1) is 18.0. The number of fused-ring (bicyclic) bond motifs is 3. The summed E-state index contributed by atoms with van der Waals surface area (Å²) in [5.41, 5.74) is 5.48. The Kier molecular flexibility index (Phi) is 4.37. The number of thiazole rings is 1. The van der Waals surface area contributed by atoms with Crippen molar-refractivity contribution in [3.63, 3.8) is 0 Å². The number of hydrogen-bond donors (Lipinski definition) is 1. The lowest BCUT2D eigenvalue weighted by Crippen LogP contribution is -2.07. The first-order chi connectivity index (χ1) is 14.1. The highest BCUT2D eigenvalue weighted by atomic mass is 35.5. The van der Waals surface area contributed by atoms with Gasteiger partial charge in [-0.05, 0) is 25.0 Å². The second kappa shape index (κ2) is 7.06. The Morgan fingerprint density at radius 2 is 2.00 bits per heavy atom. The van der Waals surface area contributed by atoms with Gasteiger partial charge in [-0.3, -0.25) is 4.79 Å². The van der Waals surface area contributed by atoms with Crippen LogP contribution < -0.4 is 5.32 Å². The zero-order valence-corrected chi connectivity index (χ0v) is 17.0. The molecule has 1 aliphatic rings. The summed E-state index contributed by atoms with van der Waals surface area (Å²) >= 11 is 7.95. The van der Waals surface area contributed by atoms with Crippen LogP contribution in [0.2, 0.25) is 5.02 Å². The standard InChI is InChI=1S/C20H15ClN6OS/c1-11(28)24-20-25-15-7-6-13-17(12-8-22-10-23-9-12)26-27(18(13)19(15)29-20)16-5-3-2-4-14(16)21/h2-5,8-10H,6-7H2,1H3,(H,24,25,28). The number of nitrogens with one attached hydrogen (secondary N) is 1. The van der Waals surface area contributed by atoms with E-state index in [1.807, 2.05) is 28.9 Å². The van der Waals surface area contributed by atoms with E-state index in [9.17, 15) is 4.79 Å². The second-order valence-electron chi connectivity index (χ2n) is 6.64. The van der Waals surface area contributed by atoms with Crippen molar-refractivity contribution in [2.75, 3.05) is 5.32 Å². The predicted molar refractivity (Wildman–Crippen MR) is 112 cm³/mol. The van der Waals surface area contributed by atoms with Gasteiger partial charge in [0.05, 0.1) is 32.7 Å². The van der Waals surface area contributed by atoms with Crippen molar-refractivity contribution in [3.05, 3.63) is 59.3 Å². The maximum absolute atomic E-state index is 11.5. The van der Waals surface area contributed by atoms with Gasteiger partial charge in [0.25, 0.3) is 0 Å². The van der Waals surface area contributed by atoms with Crippen LogP contribution in [0.1, 0.15) is 18.2 Å². The molecule has 1 aliphatic carbocycles. The SMILES string of the molecule is CC(=O)Nc1nc2c(s1)-c1c(c(-c3cncnc3)nn1-c1ccccc1Cl)CC2. The summed E-state index contributed by atoms with van der Waals surface area (Å²) < 4.78 is 1.87. The Morgan fingerprint density at radius 3 is 2.76 bits per heavy atom. The number of benzene rings is 1. The average Bonchev–Trinajstić information content (AvgIpc) is 3.29. The van der Waals surface area contributed by atoms with E-state index in [0.717, 1.165) is 51.6 Å². The summed E-state index contributed by atoms with van der Waals surface area (Å²) in [6, 6.07) is 7.60. The fourth-order valence-electron chi connectivity index (χ4n) is 3.53. The van der Waals surface area contributed by atoms with E-state index >= 15 is 0 Å². The van der Waals surface area contributed by atoms with Crippen LogP contribution in [-0.4, -0.2) is 30.6 Å². The molecule has 3 heterocycles. The molecule has 0 aliphatic heterocycles. The van der Waals surface area contributed by atoms with Crippen LogP contribution in [-0.2, 0) is 17.6 Å². The lowest BCUT2D eigenvalue weighted by atomic mass is 9.96. The van der Waals surface area contributed by atoms with Crippen LogP contribution >= 0.6 is 22.9 Å². The summed E-state index contributed by atoms with van der Waals surface area (Å²) in [6.45, 7) is 1.48. The Bertz CT molecular complexity index is 1230. The molecule has 7 nitrogen and oxygen atoms in total. The average molecular weight is 423 g/mol. The van der Waals surface area contributed by atoms with E-state index in [1.165, 1.54) is 24.6 Å². The van der Waals surface area contributed by atoms with E-state index in [4.69, 9.17) is 16.7 Å². The number of aryl methyl sites for hydroxylation is 1. The monoisotopic (exact) mass is 422 g/mol. The zero-order valence-electron chi connectivity index (χ0n) is 15.4. The number of rotatable bonds is 3. The van der Waals surface area contributed by atoms with Gasteiger partial charge >= 0.3 is 0 Å². The molecule has 29 heavy (non-hydrogen) atoms.